The number of halogens is 1. The predicted octanol–water partition coefficient (Wildman–Crippen LogP) is 2.94. The van der Waals surface area contributed by atoms with Crippen molar-refractivity contribution in [3.8, 4) is 5.75 Å². The number of ether oxygens (including phenoxy) is 2. The highest BCUT2D eigenvalue weighted by Gasteiger charge is 2.15. The monoisotopic (exact) mass is 224 g/mol. The zero-order valence-corrected chi connectivity index (χ0v) is 9.54. The van der Waals surface area contributed by atoms with Crippen LogP contribution in [0.5, 0.6) is 5.75 Å². The number of aryl methyl sites for hydroxylation is 1. The first-order valence-electron chi connectivity index (χ1n) is 5.72. The van der Waals surface area contributed by atoms with E-state index < -0.39 is 0 Å². The van der Waals surface area contributed by atoms with Crippen molar-refractivity contribution in [1.82, 2.24) is 0 Å². The Labute approximate surface area is 95.4 Å². The van der Waals surface area contributed by atoms with Gasteiger partial charge in [-0.25, -0.2) is 4.39 Å². The summed E-state index contributed by atoms with van der Waals surface area (Å²) in [6.45, 7) is 4.11. The highest BCUT2D eigenvalue weighted by atomic mass is 19.1. The Balaban J connectivity index is 1.90. The first-order valence-corrected chi connectivity index (χ1v) is 5.72. The topological polar surface area (TPSA) is 18.5 Å². The van der Waals surface area contributed by atoms with E-state index in [0.29, 0.717) is 18.3 Å². The quantitative estimate of drug-likeness (QED) is 0.786. The Morgan fingerprint density at radius 1 is 1.38 bits per heavy atom. The molecule has 1 aromatic carbocycles. The van der Waals surface area contributed by atoms with Crippen LogP contribution in [0.25, 0.3) is 0 Å². The molecule has 0 aromatic heterocycles. The van der Waals surface area contributed by atoms with Gasteiger partial charge in [0.1, 0.15) is 0 Å². The summed E-state index contributed by atoms with van der Waals surface area (Å²) in [5, 5.41) is 0. The molecule has 2 rings (SSSR count). The van der Waals surface area contributed by atoms with Crippen molar-refractivity contribution >= 4 is 0 Å². The molecule has 0 unspecified atom stereocenters. The van der Waals surface area contributed by atoms with E-state index in [0.717, 1.165) is 31.6 Å². The van der Waals surface area contributed by atoms with Crippen LogP contribution in [-0.4, -0.2) is 19.8 Å². The fourth-order valence-corrected chi connectivity index (χ4v) is 1.84. The molecule has 0 atom stereocenters. The molecule has 0 N–H and O–H groups in total. The zero-order chi connectivity index (χ0) is 11.4. The van der Waals surface area contributed by atoms with Crippen LogP contribution in [-0.2, 0) is 4.74 Å². The van der Waals surface area contributed by atoms with Crippen molar-refractivity contribution in [1.29, 1.82) is 0 Å². The molecular formula is C13H17FO2. The molecule has 1 aliphatic rings. The van der Waals surface area contributed by atoms with E-state index in [1.165, 1.54) is 6.07 Å². The van der Waals surface area contributed by atoms with E-state index in [1.54, 1.807) is 12.1 Å². The largest absolute Gasteiger partial charge is 0.490 e. The fraction of sp³-hybridized carbons (Fsp3) is 0.538. The van der Waals surface area contributed by atoms with Crippen LogP contribution in [0, 0.1) is 18.7 Å². The molecule has 0 amide bonds. The normalized spacial score (nSPS) is 17.4. The Morgan fingerprint density at radius 2 is 2.12 bits per heavy atom. The molecular weight excluding hydrogens is 207 g/mol. The molecule has 0 saturated carbocycles. The van der Waals surface area contributed by atoms with Gasteiger partial charge in [0.15, 0.2) is 11.6 Å². The van der Waals surface area contributed by atoms with Gasteiger partial charge in [0.05, 0.1) is 6.61 Å². The summed E-state index contributed by atoms with van der Waals surface area (Å²) in [6.07, 6.45) is 2.01. The smallest absolute Gasteiger partial charge is 0.165 e. The van der Waals surface area contributed by atoms with Gasteiger partial charge >= 0.3 is 0 Å². The Hall–Kier alpha value is -1.09. The summed E-state index contributed by atoms with van der Waals surface area (Å²) in [5.74, 6) is 0.581. The standard InChI is InChI=1S/C13H17FO2/c1-10-2-3-12(14)13(8-10)16-9-11-4-6-15-7-5-11/h2-3,8,11H,4-7,9H2,1H3. The van der Waals surface area contributed by atoms with E-state index in [9.17, 15) is 4.39 Å². The van der Waals surface area contributed by atoms with E-state index >= 15 is 0 Å². The van der Waals surface area contributed by atoms with Crippen molar-refractivity contribution in [2.75, 3.05) is 19.8 Å². The van der Waals surface area contributed by atoms with Gasteiger partial charge in [0.2, 0.25) is 0 Å². The maximum absolute atomic E-state index is 13.4. The molecule has 0 bridgehead atoms. The molecule has 2 nitrogen and oxygen atoms in total. The van der Waals surface area contributed by atoms with Gasteiger partial charge in [-0.3, -0.25) is 0 Å². The lowest BCUT2D eigenvalue weighted by molar-refractivity contribution is 0.0491. The van der Waals surface area contributed by atoms with Crippen LogP contribution in [0.3, 0.4) is 0 Å². The van der Waals surface area contributed by atoms with E-state index in [4.69, 9.17) is 9.47 Å². The van der Waals surface area contributed by atoms with Gasteiger partial charge in [-0.05, 0) is 43.4 Å². The summed E-state index contributed by atoms with van der Waals surface area (Å²) >= 11 is 0. The summed E-state index contributed by atoms with van der Waals surface area (Å²) in [6, 6.07) is 4.94. The highest BCUT2D eigenvalue weighted by molar-refractivity contribution is 5.29. The van der Waals surface area contributed by atoms with E-state index in [-0.39, 0.29) is 5.82 Å². The minimum Gasteiger partial charge on any atom is -0.490 e. The molecule has 1 aliphatic heterocycles. The van der Waals surface area contributed by atoms with Crippen molar-refractivity contribution in [3.63, 3.8) is 0 Å². The molecule has 1 fully saturated rings. The minimum atomic E-state index is -0.280. The molecule has 1 aromatic rings. The summed E-state index contributed by atoms with van der Waals surface area (Å²) in [4.78, 5) is 0. The Morgan fingerprint density at radius 3 is 2.88 bits per heavy atom. The minimum absolute atomic E-state index is 0.280. The molecule has 0 radical (unpaired) electrons. The molecule has 16 heavy (non-hydrogen) atoms. The first-order chi connectivity index (χ1) is 7.75. The Kier molecular flexibility index (Phi) is 3.78. The van der Waals surface area contributed by atoms with Crippen LogP contribution >= 0.6 is 0 Å². The van der Waals surface area contributed by atoms with Crippen LogP contribution in [0.2, 0.25) is 0 Å². The lowest BCUT2D eigenvalue weighted by Crippen LogP contribution is -2.21. The highest BCUT2D eigenvalue weighted by Crippen LogP contribution is 2.21. The van der Waals surface area contributed by atoms with Crippen LogP contribution in [0.4, 0.5) is 4.39 Å². The van der Waals surface area contributed by atoms with Gasteiger partial charge in [-0.1, -0.05) is 6.07 Å². The van der Waals surface area contributed by atoms with Gasteiger partial charge in [-0.15, -0.1) is 0 Å². The maximum atomic E-state index is 13.4. The third-order valence-corrected chi connectivity index (χ3v) is 2.90. The first kappa shape index (κ1) is 11.4. The lowest BCUT2D eigenvalue weighted by Gasteiger charge is -2.22. The van der Waals surface area contributed by atoms with Crippen LogP contribution in [0.15, 0.2) is 18.2 Å². The van der Waals surface area contributed by atoms with Gasteiger partial charge < -0.3 is 9.47 Å². The molecule has 0 aliphatic carbocycles. The number of hydrogen-bond donors (Lipinski definition) is 0. The average Bonchev–Trinajstić information content (AvgIpc) is 2.32. The Bertz CT molecular complexity index is 346. The van der Waals surface area contributed by atoms with Gasteiger partial charge in [0.25, 0.3) is 0 Å². The van der Waals surface area contributed by atoms with E-state index in [1.807, 2.05) is 6.92 Å². The van der Waals surface area contributed by atoms with Gasteiger partial charge in [0, 0.05) is 13.2 Å². The summed E-state index contributed by atoms with van der Waals surface area (Å²) in [5.41, 5.74) is 1.02. The summed E-state index contributed by atoms with van der Waals surface area (Å²) in [7, 11) is 0. The molecule has 1 heterocycles. The van der Waals surface area contributed by atoms with Crippen molar-refractivity contribution in [2.45, 2.75) is 19.8 Å². The van der Waals surface area contributed by atoms with Crippen molar-refractivity contribution in [2.24, 2.45) is 5.92 Å². The zero-order valence-electron chi connectivity index (χ0n) is 9.54. The van der Waals surface area contributed by atoms with Crippen LogP contribution < -0.4 is 4.74 Å². The second kappa shape index (κ2) is 5.30. The fourth-order valence-electron chi connectivity index (χ4n) is 1.84. The maximum Gasteiger partial charge on any atom is 0.165 e. The second-order valence-corrected chi connectivity index (χ2v) is 4.30. The lowest BCUT2D eigenvalue weighted by atomic mass is 10.0. The SMILES string of the molecule is Cc1ccc(F)c(OCC2CCOCC2)c1. The second-order valence-electron chi connectivity index (χ2n) is 4.30. The predicted molar refractivity (Wildman–Crippen MR) is 60.2 cm³/mol. The molecule has 1 saturated heterocycles. The summed E-state index contributed by atoms with van der Waals surface area (Å²) < 4.78 is 24.2. The third kappa shape index (κ3) is 2.95. The third-order valence-electron chi connectivity index (χ3n) is 2.90. The number of hydrogen-bond acceptors (Lipinski definition) is 2. The molecule has 88 valence electrons. The molecule has 0 spiro atoms. The van der Waals surface area contributed by atoms with Gasteiger partial charge in [-0.2, -0.15) is 0 Å². The van der Waals surface area contributed by atoms with Crippen molar-refractivity contribution in [3.05, 3.63) is 29.6 Å². The number of rotatable bonds is 3. The average molecular weight is 224 g/mol. The molecule has 3 heteroatoms. The number of benzene rings is 1. The van der Waals surface area contributed by atoms with Crippen LogP contribution in [0.1, 0.15) is 18.4 Å². The van der Waals surface area contributed by atoms with Crippen molar-refractivity contribution < 1.29 is 13.9 Å². The van der Waals surface area contributed by atoms with E-state index in [2.05, 4.69) is 0 Å².